The van der Waals surface area contributed by atoms with Crippen LogP contribution in [0.4, 0.5) is 5.69 Å². The van der Waals surface area contributed by atoms with Crippen molar-refractivity contribution in [1.82, 2.24) is 4.31 Å². The van der Waals surface area contributed by atoms with Crippen molar-refractivity contribution in [2.24, 2.45) is 0 Å². The van der Waals surface area contributed by atoms with Crippen molar-refractivity contribution in [3.63, 3.8) is 0 Å². The summed E-state index contributed by atoms with van der Waals surface area (Å²) in [4.78, 5) is 15.1. The van der Waals surface area contributed by atoms with Crippen molar-refractivity contribution < 1.29 is 13.2 Å². The van der Waals surface area contributed by atoms with Gasteiger partial charge in [0.05, 0.1) is 4.90 Å². The molecule has 5 nitrogen and oxygen atoms in total. The lowest BCUT2D eigenvalue weighted by molar-refractivity contribution is 0.0989. The maximum atomic E-state index is 13.1. The summed E-state index contributed by atoms with van der Waals surface area (Å²) in [5.74, 6) is -0.00894. The van der Waals surface area contributed by atoms with Gasteiger partial charge < -0.3 is 4.90 Å². The molecule has 0 fully saturated rings. The van der Waals surface area contributed by atoms with Gasteiger partial charge in [-0.1, -0.05) is 6.07 Å². The normalized spacial score (nSPS) is 16.3. The maximum Gasteiger partial charge on any atom is 0.258 e. The number of nitrogens with zero attached hydrogens (tertiary/aromatic N) is 2. The predicted octanol–water partition coefficient (Wildman–Crippen LogP) is 3.02. The number of sulfonamides is 1. The molecule has 0 saturated heterocycles. The first-order chi connectivity index (χ1) is 12.9. The van der Waals surface area contributed by atoms with Crippen LogP contribution in [0, 0.1) is 0 Å². The lowest BCUT2D eigenvalue weighted by Crippen LogP contribution is -2.29. The van der Waals surface area contributed by atoms with Crippen molar-refractivity contribution in [1.29, 1.82) is 0 Å². The number of hydrogen-bond acceptors (Lipinski definition) is 3. The monoisotopic (exact) mass is 384 g/mol. The van der Waals surface area contributed by atoms with E-state index in [-0.39, 0.29) is 10.8 Å². The van der Waals surface area contributed by atoms with Crippen molar-refractivity contribution in [2.45, 2.75) is 37.0 Å². The van der Waals surface area contributed by atoms with Crippen molar-refractivity contribution in [2.75, 3.05) is 25.5 Å². The van der Waals surface area contributed by atoms with Crippen LogP contribution < -0.4 is 4.90 Å². The molecule has 2 aromatic carbocycles. The van der Waals surface area contributed by atoms with E-state index in [9.17, 15) is 13.2 Å². The summed E-state index contributed by atoms with van der Waals surface area (Å²) in [6.07, 6.45) is 5.21. The van der Waals surface area contributed by atoms with E-state index in [1.54, 1.807) is 23.1 Å². The Morgan fingerprint density at radius 2 is 1.67 bits per heavy atom. The summed E-state index contributed by atoms with van der Waals surface area (Å²) in [6, 6.07) is 11.1. The second kappa shape index (κ2) is 6.77. The van der Waals surface area contributed by atoms with Crippen molar-refractivity contribution in [3.05, 3.63) is 58.7 Å². The second-order valence-corrected chi connectivity index (χ2v) is 9.63. The molecule has 0 spiro atoms. The Hall–Kier alpha value is -2.18. The molecule has 0 atom stereocenters. The SMILES string of the molecule is CN(C)S(=O)(=O)c1ccc2c(c1)CCN2C(=O)c1ccc2c(c1)CCCC2. The topological polar surface area (TPSA) is 57.7 Å². The van der Waals surface area contributed by atoms with Gasteiger partial charge in [0.1, 0.15) is 0 Å². The molecular formula is C21H24N2O3S. The summed E-state index contributed by atoms with van der Waals surface area (Å²) >= 11 is 0. The van der Waals surface area contributed by atoms with Gasteiger partial charge in [-0.05, 0) is 79.1 Å². The number of rotatable bonds is 3. The zero-order valence-electron chi connectivity index (χ0n) is 15.7. The highest BCUT2D eigenvalue weighted by molar-refractivity contribution is 7.89. The maximum absolute atomic E-state index is 13.1. The van der Waals surface area contributed by atoms with E-state index >= 15 is 0 Å². The predicted molar refractivity (Wildman–Crippen MR) is 106 cm³/mol. The van der Waals surface area contributed by atoms with Gasteiger partial charge in [-0.2, -0.15) is 0 Å². The lowest BCUT2D eigenvalue weighted by Gasteiger charge is -2.20. The molecule has 0 N–H and O–H groups in total. The van der Waals surface area contributed by atoms with Crippen LogP contribution in [0.3, 0.4) is 0 Å². The summed E-state index contributed by atoms with van der Waals surface area (Å²) in [5.41, 5.74) is 5.09. The third-order valence-electron chi connectivity index (χ3n) is 5.57. The fourth-order valence-corrected chi connectivity index (χ4v) is 4.94. The number of hydrogen-bond donors (Lipinski definition) is 0. The Balaban J connectivity index is 1.64. The minimum absolute atomic E-state index is 0.00894. The van der Waals surface area contributed by atoms with Crippen LogP contribution in [0.1, 0.15) is 39.9 Å². The number of fused-ring (bicyclic) bond motifs is 2. The quantitative estimate of drug-likeness (QED) is 0.817. The molecule has 0 aromatic heterocycles. The summed E-state index contributed by atoms with van der Waals surface area (Å²) < 4.78 is 25.9. The number of benzene rings is 2. The average Bonchev–Trinajstić information content (AvgIpc) is 3.10. The van der Waals surface area contributed by atoms with E-state index in [1.165, 1.54) is 42.4 Å². The van der Waals surface area contributed by atoms with Crippen LogP contribution in [-0.2, 0) is 29.3 Å². The van der Waals surface area contributed by atoms with Crippen LogP contribution in [0.2, 0.25) is 0 Å². The first-order valence-electron chi connectivity index (χ1n) is 9.37. The fourth-order valence-electron chi connectivity index (χ4n) is 3.98. The number of carbonyl (C=O) groups excluding carboxylic acids is 1. The van der Waals surface area contributed by atoms with Gasteiger partial charge >= 0.3 is 0 Å². The van der Waals surface area contributed by atoms with Gasteiger partial charge in [-0.25, -0.2) is 12.7 Å². The third kappa shape index (κ3) is 3.17. The van der Waals surface area contributed by atoms with E-state index in [0.29, 0.717) is 18.5 Å². The Morgan fingerprint density at radius 1 is 0.926 bits per heavy atom. The number of amides is 1. The van der Waals surface area contributed by atoms with Crippen LogP contribution in [-0.4, -0.2) is 39.3 Å². The average molecular weight is 385 g/mol. The molecule has 1 amide bonds. The van der Waals surface area contributed by atoms with Gasteiger partial charge in [0, 0.05) is 31.9 Å². The fraction of sp³-hybridized carbons (Fsp3) is 0.381. The molecule has 2 aliphatic rings. The first kappa shape index (κ1) is 18.2. The molecule has 0 radical (unpaired) electrons. The Kier molecular flexibility index (Phi) is 4.56. The highest BCUT2D eigenvalue weighted by atomic mass is 32.2. The molecule has 142 valence electrons. The minimum Gasteiger partial charge on any atom is -0.308 e. The molecule has 2 aromatic rings. The molecule has 1 heterocycles. The molecule has 1 aliphatic carbocycles. The third-order valence-corrected chi connectivity index (χ3v) is 7.38. The lowest BCUT2D eigenvalue weighted by atomic mass is 9.90. The molecule has 0 bridgehead atoms. The van der Waals surface area contributed by atoms with E-state index in [1.807, 2.05) is 12.1 Å². The van der Waals surface area contributed by atoms with Crippen molar-refractivity contribution >= 4 is 21.6 Å². The van der Waals surface area contributed by atoms with Crippen LogP contribution in [0.15, 0.2) is 41.3 Å². The van der Waals surface area contributed by atoms with Gasteiger partial charge in [0.25, 0.3) is 5.91 Å². The van der Waals surface area contributed by atoms with Gasteiger partial charge in [-0.15, -0.1) is 0 Å². The van der Waals surface area contributed by atoms with E-state index in [2.05, 4.69) is 6.07 Å². The Labute approximate surface area is 160 Å². The van der Waals surface area contributed by atoms with E-state index in [4.69, 9.17) is 0 Å². The minimum atomic E-state index is -3.47. The van der Waals surface area contributed by atoms with E-state index < -0.39 is 10.0 Å². The summed E-state index contributed by atoms with van der Waals surface area (Å²) in [6.45, 7) is 0.580. The van der Waals surface area contributed by atoms with Gasteiger partial charge in [0.15, 0.2) is 0 Å². The Morgan fingerprint density at radius 3 is 2.41 bits per heavy atom. The smallest absolute Gasteiger partial charge is 0.258 e. The second-order valence-electron chi connectivity index (χ2n) is 7.48. The zero-order valence-corrected chi connectivity index (χ0v) is 16.6. The van der Waals surface area contributed by atoms with Crippen molar-refractivity contribution in [3.8, 4) is 0 Å². The van der Waals surface area contributed by atoms with Crippen LogP contribution in [0.25, 0.3) is 0 Å². The summed E-state index contributed by atoms with van der Waals surface area (Å²) in [5, 5.41) is 0. The molecule has 0 saturated carbocycles. The van der Waals surface area contributed by atoms with Gasteiger partial charge in [0.2, 0.25) is 10.0 Å². The van der Waals surface area contributed by atoms with Crippen LogP contribution >= 0.6 is 0 Å². The van der Waals surface area contributed by atoms with Gasteiger partial charge in [-0.3, -0.25) is 4.79 Å². The Bertz CT molecular complexity index is 1010. The molecular weight excluding hydrogens is 360 g/mol. The van der Waals surface area contributed by atoms with Crippen LogP contribution in [0.5, 0.6) is 0 Å². The molecule has 1 aliphatic heterocycles. The largest absolute Gasteiger partial charge is 0.308 e. The van der Waals surface area contributed by atoms with E-state index in [0.717, 1.165) is 24.1 Å². The standard InChI is InChI=1S/C21H24N2O3S/c1-22(2)27(25,26)19-9-10-20-17(14-19)11-12-23(20)21(24)18-8-7-15-5-3-4-6-16(15)13-18/h7-10,13-14H,3-6,11-12H2,1-2H3. The molecule has 6 heteroatoms. The summed E-state index contributed by atoms with van der Waals surface area (Å²) in [7, 11) is -0.424. The molecule has 4 rings (SSSR count). The number of aryl methyl sites for hydroxylation is 2. The highest BCUT2D eigenvalue weighted by Crippen LogP contribution is 2.32. The zero-order chi connectivity index (χ0) is 19.2. The highest BCUT2D eigenvalue weighted by Gasteiger charge is 2.28. The molecule has 27 heavy (non-hydrogen) atoms. The molecule has 0 unspecified atom stereocenters. The first-order valence-corrected chi connectivity index (χ1v) is 10.8. The number of carbonyl (C=O) groups is 1. The number of anilines is 1.